The van der Waals surface area contributed by atoms with Crippen LogP contribution in [0.15, 0.2) is 53.6 Å². The molecule has 2 aromatic carbocycles. The van der Waals surface area contributed by atoms with E-state index >= 15 is 0 Å². The first kappa shape index (κ1) is 19.5. The van der Waals surface area contributed by atoms with Crippen LogP contribution in [0.1, 0.15) is 29.8 Å². The highest BCUT2D eigenvalue weighted by atomic mass is 35.5. The van der Waals surface area contributed by atoms with Crippen LogP contribution in [0, 0.1) is 0 Å². The Labute approximate surface area is 156 Å². The molecule has 0 atom stereocenters. The average molecular weight is 375 g/mol. The third-order valence-electron chi connectivity index (χ3n) is 3.35. The number of nitrogens with zero attached hydrogens (tertiary/aromatic N) is 1. The third-order valence-corrected chi connectivity index (χ3v) is 3.60. The van der Waals surface area contributed by atoms with Crippen molar-refractivity contribution in [3.8, 4) is 5.75 Å². The van der Waals surface area contributed by atoms with Crippen LogP contribution in [0.25, 0.3) is 0 Å². The second-order valence-electron chi connectivity index (χ2n) is 5.27. The average Bonchev–Trinajstić information content (AvgIpc) is 2.65. The van der Waals surface area contributed by atoms with E-state index in [9.17, 15) is 9.59 Å². The van der Waals surface area contributed by atoms with Gasteiger partial charge in [-0.2, -0.15) is 5.10 Å². The normalized spacial score (nSPS) is 11.0. The van der Waals surface area contributed by atoms with E-state index in [1.165, 1.54) is 0 Å². The van der Waals surface area contributed by atoms with Gasteiger partial charge in [-0.15, -0.1) is 0 Å². The van der Waals surface area contributed by atoms with Gasteiger partial charge in [0, 0.05) is 5.02 Å². The standard InChI is InChI=1S/C19H19ClN2O4/c1-3-25-19(24)15-6-10-17(11-7-15)26-12-18(23)22-21-13(2)14-4-8-16(20)9-5-14/h4-11H,3,12H2,1-2H3,(H,22,23)/b21-13+. The topological polar surface area (TPSA) is 77.0 Å². The minimum absolute atomic E-state index is 0.198. The molecule has 0 aliphatic carbocycles. The fraction of sp³-hybridized carbons (Fsp3) is 0.211. The first-order chi connectivity index (χ1) is 12.5. The number of hydrogen-bond donors (Lipinski definition) is 1. The largest absolute Gasteiger partial charge is 0.484 e. The van der Waals surface area contributed by atoms with Gasteiger partial charge in [0.05, 0.1) is 17.9 Å². The van der Waals surface area contributed by atoms with Gasteiger partial charge in [0.25, 0.3) is 5.91 Å². The molecule has 0 unspecified atom stereocenters. The lowest BCUT2D eigenvalue weighted by molar-refractivity contribution is -0.123. The second-order valence-corrected chi connectivity index (χ2v) is 5.71. The Morgan fingerprint density at radius 3 is 2.27 bits per heavy atom. The zero-order valence-corrected chi connectivity index (χ0v) is 15.2. The van der Waals surface area contributed by atoms with Crippen molar-refractivity contribution in [1.29, 1.82) is 0 Å². The van der Waals surface area contributed by atoms with Crippen molar-refractivity contribution in [2.75, 3.05) is 13.2 Å². The number of benzene rings is 2. The van der Waals surface area contributed by atoms with Gasteiger partial charge in [0.1, 0.15) is 5.75 Å². The number of ether oxygens (including phenoxy) is 2. The quantitative estimate of drug-likeness (QED) is 0.457. The summed E-state index contributed by atoms with van der Waals surface area (Å²) in [6.07, 6.45) is 0. The first-order valence-electron chi connectivity index (χ1n) is 7.98. The van der Waals surface area contributed by atoms with Crippen molar-refractivity contribution in [2.24, 2.45) is 5.10 Å². The maximum absolute atomic E-state index is 11.8. The van der Waals surface area contributed by atoms with E-state index in [-0.39, 0.29) is 6.61 Å². The van der Waals surface area contributed by atoms with Crippen molar-refractivity contribution < 1.29 is 19.1 Å². The van der Waals surface area contributed by atoms with Gasteiger partial charge in [-0.05, 0) is 55.8 Å². The van der Waals surface area contributed by atoms with E-state index in [0.717, 1.165) is 5.56 Å². The summed E-state index contributed by atoms with van der Waals surface area (Å²) in [6.45, 7) is 3.63. The molecule has 1 N–H and O–H groups in total. The van der Waals surface area contributed by atoms with Crippen LogP contribution in [0.5, 0.6) is 5.75 Å². The molecular formula is C19H19ClN2O4. The van der Waals surface area contributed by atoms with E-state index in [1.807, 2.05) is 12.1 Å². The summed E-state index contributed by atoms with van der Waals surface area (Å²) in [7, 11) is 0. The van der Waals surface area contributed by atoms with Gasteiger partial charge in [0.2, 0.25) is 0 Å². The van der Waals surface area contributed by atoms with Crippen LogP contribution in [0.3, 0.4) is 0 Å². The van der Waals surface area contributed by atoms with Crippen molar-refractivity contribution in [3.05, 3.63) is 64.7 Å². The van der Waals surface area contributed by atoms with Crippen molar-refractivity contribution >= 4 is 29.2 Å². The lowest BCUT2D eigenvalue weighted by atomic mass is 10.1. The van der Waals surface area contributed by atoms with E-state index in [0.29, 0.717) is 28.7 Å². The summed E-state index contributed by atoms with van der Waals surface area (Å²) >= 11 is 5.83. The molecule has 0 bridgehead atoms. The minimum atomic E-state index is -0.399. The zero-order chi connectivity index (χ0) is 18.9. The molecule has 0 aliphatic heterocycles. The highest BCUT2D eigenvalue weighted by Crippen LogP contribution is 2.13. The summed E-state index contributed by atoms with van der Waals surface area (Å²) < 4.78 is 10.3. The number of carbonyl (C=O) groups excluding carboxylic acids is 2. The Morgan fingerprint density at radius 2 is 1.65 bits per heavy atom. The summed E-state index contributed by atoms with van der Waals surface area (Å²) in [6, 6.07) is 13.5. The number of nitrogens with one attached hydrogen (secondary N) is 1. The highest BCUT2D eigenvalue weighted by Gasteiger charge is 2.07. The molecule has 0 aromatic heterocycles. The maximum atomic E-state index is 11.8. The summed E-state index contributed by atoms with van der Waals surface area (Å²) in [5.41, 5.74) is 4.35. The second kappa shape index (κ2) is 9.58. The molecule has 2 rings (SSSR count). The number of hydrazone groups is 1. The maximum Gasteiger partial charge on any atom is 0.338 e. The number of amides is 1. The van der Waals surface area contributed by atoms with Gasteiger partial charge >= 0.3 is 5.97 Å². The SMILES string of the molecule is CCOC(=O)c1ccc(OCC(=O)N/N=C(\C)c2ccc(Cl)cc2)cc1. The number of halogens is 1. The summed E-state index contributed by atoms with van der Waals surface area (Å²) in [5, 5.41) is 4.66. The Morgan fingerprint density at radius 1 is 1.04 bits per heavy atom. The Kier molecular flexibility index (Phi) is 7.17. The fourth-order valence-corrected chi connectivity index (χ4v) is 2.11. The molecule has 7 heteroatoms. The molecule has 2 aromatic rings. The molecule has 0 saturated heterocycles. The van der Waals surface area contributed by atoms with Crippen LogP contribution in [-0.4, -0.2) is 30.8 Å². The Balaban J connectivity index is 1.83. The minimum Gasteiger partial charge on any atom is -0.484 e. The van der Waals surface area contributed by atoms with E-state index in [1.54, 1.807) is 50.2 Å². The molecule has 0 fully saturated rings. The van der Waals surface area contributed by atoms with E-state index < -0.39 is 11.9 Å². The van der Waals surface area contributed by atoms with Crippen LogP contribution >= 0.6 is 11.6 Å². The fourth-order valence-electron chi connectivity index (χ4n) is 1.98. The van der Waals surface area contributed by atoms with Gasteiger partial charge in [0.15, 0.2) is 6.61 Å². The van der Waals surface area contributed by atoms with Crippen LogP contribution in [-0.2, 0) is 9.53 Å². The highest BCUT2D eigenvalue weighted by molar-refractivity contribution is 6.30. The smallest absolute Gasteiger partial charge is 0.338 e. The number of hydrogen-bond acceptors (Lipinski definition) is 5. The first-order valence-corrected chi connectivity index (χ1v) is 8.36. The molecule has 136 valence electrons. The molecule has 0 aliphatic rings. The molecule has 6 nitrogen and oxygen atoms in total. The van der Waals surface area contributed by atoms with Crippen LogP contribution in [0.4, 0.5) is 0 Å². The van der Waals surface area contributed by atoms with E-state index in [2.05, 4.69) is 10.5 Å². The van der Waals surface area contributed by atoms with Gasteiger partial charge < -0.3 is 9.47 Å². The third kappa shape index (κ3) is 5.89. The van der Waals surface area contributed by atoms with Gasteiger partial charge in [-0.3, -0.25) is 4.79 Å². The van der Waals surface area contributed by atoms with Crippen molar-refractivity contribution in [2.45, 2.75) is 13.8 Å². The molecule has 0 spiro atoms. The predicted molar refractivity (Wildman–Crippen MR) is 99.7 cm³/mol. The van der Waals surface area contributed by atoms with Crippen molar-refractivity contribution in [3.63, 3.8) is 0 Å². The lowest BCUT2D eigenvalue weighted by Crippen LogP contribution is -2.25. The molecule has 1 amide bonds. The van der Waals surface area contributed by atoms with E-state index in [4.69, 9.17) is 21.1 Å². The van der Waals surface area contributed by atoms with Crippen LogP contribution < -0.4 is 10.2 Å². The van der Waals surface area contributed by atoms with Gasteiger partial charge in [-0.1, -0.05) is 23.7 Å². The molecule has 0 saturated carbocycles. The monoisotopic (exact) mass is 374 g/mol. The van der Waals surface area contributed by atoms with Crippen molar-refractivity contribution in [1.82, 2.24) is 5.43 Å². The molecule has 0 heterocycles. The Bertz CT molecular complexity index is 786. The zero-order valence-electron chi connectivity index (χ0n) is 14.5. The van der Waals surface area contributed by atoms with Crippen LogP contribution in [0.2, 0.25) is 5.02 Å². The summed E-state index contributed by atoms with van der Waals surface area (Å²) in [4.78, 5) is 23.4. The molecular weight excluding hydrogens is 356 g/mol. The summed E-state index contributed by atoms with van der Waals surface area (Å²) in [5.74, 6) is -0.330. The molecule has 0 radical (unpaired) electrons. The number of rotatable bonds is 7. The molecule has 26 heavy (non-hydrogen) atoms. The number of esters is 1. The Hall–Kier alpha value is -2.86. The number of carbonyl (C=O) groups is 2. The predicted octanol–water partition coefficient (Wildman–Crippen LogP) is 3.44. The lowest BCUT2D eigenvalue weighted by Gasteiger charge is -2.07. The van der Waals surface area contributed by atoms with Gasteiger partial charge in [-0.25, -0.2) is 10.2 Å².